The van der Waals surface area contributed by atoms with Crippen LogP contribution in [-0.4, -0.2) is 16.5 Å². The van der Waals surface area contributed by atoms with E-state index in [1.165, 1.54) is 18.2 Å². The molecule has 5 heteroatoms. The van der Waals surface area contributed by atoms with Crippen molar-refractivity contribution in [3.8, 4) is 0 Å². The number of Topliss-reactive ketones (excluding diaryl/α,β-unsaturated/α-hetero) is 1. The van der Waals surface area contributed by atoms with Gasteiger partial charge in [-0.25, -0.2) is 0 Å². The lowest BCUT2D eigenvalue weighted by molar-refractivity contribution is -0.384. The average molecular weight is 253 g/mol. The van der Waals surface area contributed by atoms with Gasteiger partial charge in [-0.2, -0.15) is 0 Å². The van der Waals surface area contributed by atoms with E-state index in [0.717, 1.165) is 0 Å². The first-order chi connectivity index (χ1) is 9.08. The molecule has 0 spiro atoms. The zero-order valence-corrected chi connectivity index (χ0v) is 9.62. The first kappa shape index (κ1) is 11.3. The second-order valence-electron chi connectivity index (χ2n) is 4.22. The SMILES string of the molecule is O=C1C=Cc2ccc3ccc([N+](=O)[O-])cc3c2C1=O. The molecule has 19 heavy (non-hydrogen) atoms. The molecule has 0 heterocycles. The molecule has 0 saturated carbocycles. The van der Waals surface area contributed by atoms with Crippen molar-refractivity contribution in [1.29, 1.82) is 0 Å². The molecule has 0 saturated heterocycles. The fourth-order valence-electron chi connectivity index (χ4n) is 2.19. The van der Waals surface area contributed by atoms with Gasteiger partial charge in [0.05, 0.1) is 4.92 Å². The molecule has 92 valence electrons. The van der Waals surface area contributed by atoms with Gasteiger partial charge in [-0.05, 0) is 23.1 Å². The van der Waals surface area contributed by atoms with Gasteiger partial charge >= 0.3 is 0 Å². The van der Waals surface area contributed by atoms with Crippen LogP contribution in [0, 0.1) is 10.1 Å². The molecule has 2 aromatic carbocycles. The number of ketones is 2. The first-order valence-electron chi connectivity index (χ1n) is 5.56. The summed E-state index contributed by atoms with van der Waals surface area (Å²) in [6.45, 7) is 0. The Morgan fingerprint density at radius 2 is 1.74 bits per heavy atom. The second-order valence-corrected chi connectivity index (χ2v) is 4.22. The maximum absolute atomic E-state index is 11.9. The Balaban J connectivity index is 2.40. The fraction of sp³-hybridized carbons (Fsp3) is 0. The summed E-state index contributed by atoms with van der Waals surface area (Å²) in [6, 6.07) is 7.78. The molecule has 0 bridgehead atoms. The van der Waals surface area contributed by atoms with Crippen LogP contribution in [0.1, 0.15) is 15.9 Å². The first-order valence-corrected chi connectivity index (χ1v) is 5.56. The Morgan fingerprint density at radius 3 is 2.47 bits per heavy atom. The van der Waals surface area contributed by atoms with Crippen molar-refractivity contribution in [3.05, 3.63) is 57.6 Å². The van der Waals surface area contributed by atoms with Crippen LogP contribution in [0.25, 0.3) is 16.8 Å². The van der Waals surface area contributed by atoms with Crippen molar-refractivity contribution in [3.63, 3.8) is 0 Å². The zero-order chi connectivity index (χ0) is 13.6. The minimum Gasteiger partial charge on any atom is -0.286 e. The van der Waals surface area contributed by atoms with E-state index < -0.39 is 16.5 Å². The predicted octanol–water partition coefficient (Wildman–Crippen LogP) is 2.53. The highest BCUT2D eigenvalue weighted by atomic mass is 16.6. The molecule has 0 aliphatic heterocycles. The van der Waals surface area contributed by atoms with Crippen LogP contribution in [0.2, 0.25) is 0 Å². The minimum absolute atomic E-state index is 0.101. The Labute approximate surface area is 107 Å². The number of nitro benzene ring substituents is 1. The number of carbonyl (C=O) groups is 2. The molecule has 2 aromatic rings. The van der Waals surface area contributed by atoms with E-state index in [1.54, 1.807) is 24.3 Å². The van der Waals surface area contributed by atoms with Gasteiger partial charge in [-0.3, -0.25) is 19.7 Å². The summed E-state index contributed by atoms with van der Waals surface area (Å²) < 4.78 is 0. The number of carbonyl (C=O) groups excluding carboxylic acids is 2. The number of nitro groups is 1. The normalized spacial score (nSPS) is 13.7. The van der Waals surface area contributed by atoms with Crippen LogP contribution < -0.4 is 0 Å². The van der Waals surface area contributed by atoms with E-state index in [4.69, 9.17) is 0 Å². The van der Waals surface area contributed by atoms with Gasteiger partial charge < -0.3 is 0 Å². The monoisotopic (exact) mass is 253 g/mol. The molecule has 3 rings (SSSR count). The number of non-ortho nitro benzene ring substituents is 1. The number of fused-ring (bicyclic) bond motifs is 3. The Kier molecular flexibility index (Phi) is 2.28. The number of nitrogens with zero attached hydrogens (tertiary/aromatic N) is 1. The predicted molar refractivity (Wildman–Crippen MR) is 69.0 cm³/mol. The van der Waals surface area contributed by atoms with E-state index >= 15 is 0 Å². The fourth-order valence-corrected chi connectivity index (χ4v) is 2.19. The van der Waals surface area contributed by atoms with Crippen LogP contribution in [0.3, 0.4) is 0 Å². The van der Waals surface area contributed by atoms with E-state index in [-0.39, 0.29) is 11.3 Å². The lowest BCUT2D eigenvalue weighted by atomic mass is 9.90. The highest BCUT2D eigenvalue weighted by Crippen LogP contribution is 2.29. The molecule has 0 radical (unpaired) electrons. The lowest BCUT2D eigenvalue weighted by Crippen LogP contribution is -2.16. The van der Waals surface area contributed by atoms with Crippen molar-refractivity contribution >= 4 is 34.1 Å². The van der Waals surface area contributed by atoms with Gasteiger partial charge in [0.25, 0.3) is 5.69 Å². The summed E-state index contributed by atoms with van der Waals surface area (Å²) in [7, 11) is 0. The number of rotatable bonds is 1. The summed E-state index contributed by atoms with van der Waals surface area (Å²) in [5, 5.41) is 11.9. The Hall–Kier alpha value is -2.82. The van der Waals surface area contributed by atoms with Crippen molar-refractivity contribution in [2.75, 3.05) is 0 Å². The van der Waals surface area contributed by atoms with E-state index in [0.29, 0.717) is 16.3 Å². The smallest absolute Gasteiger partial charge is 0.270 e. The van der Waals surface area contributed by atoms with Gasteiger partial charge in [0, 0.05) is 23.1 Å². The highest BCUT2D eigenvalue weighted by molar-refractivity contribution is 6.51. The molecule has 5 nitrogen and oxygen atoms in total. The molecule has 0 atom stereocenters. The maximum Gasteiger partial charge on any atom is 0.270 e. The maximum atomic E-state index is 11.9. The average Bonchev–Trinajstić information content (AvgIpc) is 2.41. The zero-order valence-electron chi connectivity index (χ0n) is 9.62. The van der Waals surface area contributed by atoms with Gasteiger partial charge in [0.1, 0.15) is 0 Å². The van der Waals surface area contributed by atoms with Crippen LogP contribution in [0.15, 0.2) is 36.4 Å². The molecule has 1 aliphatic rings. The quantitative estimate of drug-likeness (QED) is 0.444. The van der Waals surface area contributed by atoms with Crippen molar-refractivity contribution in [2.24, 2.45) is 0 Å². The summed E-state index contributed by atoms with van der Waals surface area (Å²) in [5.74, 6) is -1.23. The third-order valence-corrected chi connectivity index (χ3v) is 3.11. The molecule has 0 aromatic heterocycles. The van der Waals surface area contributed by atoms with E-state index in [9.17, 15) is 19.7 Å². The molecule has 0 amide bonds. The summed E-state index contributed by atoms with van der Waals surface area (Å²) in [6.07, 6.45) is 2.77. The molecule has 0 unspecified atom stereocenters. The van der Waals surface area contributed by atoms with Gasteiger partial charge in [-0.1, -0.05) is 18.2 Å². The number of hydrogen-bond donors (Lipinski definition) is 0. The van der Waals surface area contributed by atoms with Crippen LogP contribution in [0.5, 0.6) is 0 Å². The van der Waals surface area contributed by atoms with Crippen molar-refractivity contribution < 1.29 is 14.5 Å². The van der Waals surface area contributed by atoms with Crippen molar-refractivity contribution in [1.82, 2.24) is 0 Å². The van der Waals surface area contributed by atoms with Gasteiger partial charge in [0.15, 0.2) is 0 Å². The van der Waals surface area contributed by atoms with Crippen LogP contribution in [-0.2, 0) is 4.79 Å². The molecule has 1 aliphatic carbocycles. The van der Waals surface area contributed by atoms with Gasteiger partial charge in [0.2, 0.25) is 11.6 Å². The van der Waals surface area contributed by atoms with Crippen LogP contribution >= 0.6 is 0 Å². The highest BCUT2D eigenvalue weighted by Gasteiger charge is 2.24. The standard InChI is InChI=1S/C14H7NO4/c16-12-6-4-9-2-1-8-3-5-10(15(18)19)7-11(8)13(9)14(12)17/h1-7H. The third-order valence-electron chi connectivity index (χ3n) is 3.11. The Morgan fingerprint density at radius 1 is 1.00 bits per heavy atom. The van der Waals surface area contributed by atoms with E-state index in [1.807, 2.05) is 0 Å². The minimum atomic E-state index is -0.622. The van der Waals surface area contributed by atoms with Gasteiger partial charge in [-0.15, -0.1) is 0 Å². The largest absolute Gasteiger partial charge is 0.286 e. The van der Waals surface area contributed by atoms with E-state index in [2.05, 4.69) is 0 Å². The molecular weight excluding hydrogens is 246 g/mol. The van der Waals surface area contributed by atoms with Crippen LogP contribution in [0.4, 0.5) is 5.69 Å². The summed E-state index contributed by atoms with van der Waals surface area (Å²) in [5.41, 5.74) is 0.752. The topological polar surface area (TPSA) is 77.3 Å². The van der Waals surface area contributed by atoms with Crippen molar-refractivity contribution in [2.45, 2.75) is 0 Å². The molecular formula is C14H7NO4. The number of benzene rings is 2. The molecule has 0 fully saturated rings. The Bertz CT molecular complexity index is 789. The number of hydrogen-bond acceptors (Lipinski definition) is 4. The third kappa shape index (κ3) is 1.63. The lowest BCUT2D eigenvalue weighted by Gasteiger charge is -2.11. The second kappa shape index (κ2) is 3.84. The molecule has 0 N–H and O–H groups in total. The summed E-state index contributed by atoms with van der Waals surface area (Å²) in [4.78, 5) is 33.7. The summed E-state index contributed by atoms with van der Waals surface area (Å²) >= 11 is 0. The number of allylic oxidation sites excluding steroid dienone is 1.